The van der Waals surface area contributed by atoms with Crippen molar-refractivity contribution in [3.8, 4) is 5.88 Å². The summed E-state index contributed by atoms with van der Waals surface area (Å²) in [6, 6.07) is 0. The lowest BCUT2D eigenvalue weighted by Gasteiger charge is -2.06. The molecule has 0 radical (unpaired) electrons. The Hall–Kier alpha value is -2.22. The van der Waals surface area contributed by atoms with E-state index in [1.807, 2.05) is 0 Å². The Morgan fingerprint density at radius 1 is 1.39 bits per heavy atom. The fourth-order valence-corrected chi connectivity index (χ4v) is 1.85. The zero-order valence-electron chi connectivity index (χ0n) is 9.69. The molecule has 2 rings (SSSR count). The van der Waals surface area contributed by atoms with Gasteiger partial charge < -0.3 is 5.11 Å². The molecule has 0 aliphatic rings. The SMILES string of the molecule is Cn1c(O)c(/C=N/c2nccs2)c(=O)n(C)c1=O. The standard InChI is InChI=1S/C10H10N4O3S/c1-13-7(15)6(8(16)14(2)10(13)17)5-12-9-11-3-4-18-9/h3-5,15H,1-2H3/b12-5+. The molecule has 0 unspecified atom stereocenters. The van der Waals surface area contributed by atoms with E-state index >= 15 is 0 Å². The lowest BCUT2D eigenvalue weighted by Crippen LogP contribution is -2.38. The maximum Gasteiger partial charge on any atom is 0.333 e. The minimum absolute atomic E-state index is 0.0465. The molecule has 1 N–H and O–H groups in total. The predicted molar refractivity (Wildman–Crippen MR) is 68.0 cm³/mol. The van der Waals surface area contributed by atoms with Crippen LogP contribution < -0.4 is 11.2 Å². The molecular formula is C10H10N4O3S. The summed E-state index contributed by atoms with van der Waals surface area (Å²) in [5.74, 6) is -0.414. The Morgan fingerprint density at radius 2 is 2.11 bits per heavy atom. The molecule has 94 valence electrons. The van der Waals surface area contributed by atoms with Crippen molar-refractivity contribution < 1.29 is 5.11 Å². The molecule has 0 fully saturated rings. The largest absolute Gasteiger partial charge is 0.494 e. The van der Waals surface area contributed by atoms with Crippen LogP contribution in [0.2, 0.25) is 0 Å². The first-order valence-electron chi connectivity index (χ1n) is 4.95. The average Bonchev–Trinajstić information content (AvgIpc) is 2.87. The van der Waals surface area contributed by atoms with Gasteiger partial charge in [0.2, 0.25) is 11.0 Å². The summed E-state index contributed by atoms with van der Waals surface area (Å²) < 4.78 is 1.88. The Morgan fingerprint density at radius 3 is 2.72 bits per heavy atom. The molecule has 0 amide bonds. The molecule has 18 heavy (non-hydrogen) atoms. The smallest absolute Gasteiger partial charge is 0.333 e. The molecule has 8 heteroatoms. The van der Waals surface area contributed by atoms with Crippen molar-refractivity contribution in [2.24, 2.45) is 19.1 Å². The van der Waals surface area contributed by atoms with Crippen molar-refractivity contribution in [3.05, 3.63) is 38.0 Å². The van der Waals surface area contributed by atoms with Gasteiger partial charge >= 0.3 is 5.69 Å². The Labute approximate surface area is 105 Å². The molecular weight excluding hydrogens is 256 g/mol. The molecule has 2 aromatic heterocycles. The molecule has 0 bridgehead atoms. The Balaban J connectivity index is 2.59. The first kappa shape index (κ1) is 12.2. The van der Waals surface area contributed by atoms with Gasteiger partial charge in [0.05, 0.1) is 0 Å². The summed E-state index contributed by atoms with van der Waals surface area (Å²) in [6.07, 6.45) is 2.78. The average molecular weight is 266 g/mol. The van der Waals surface area contributed by atoms with Crippen molar-refractivity contribution in [1.82, 2.24) is 14.1 Å². The van der Waals surface area contributed by atoms with Gasteiger partial charge in [-0.2, -0.15) is 0 Å². The molecule has 2 aromatic rings. The van der Waals surface area contributed by atoms with Crippen molar-refractivity contribution in [1.29, 1.82) is 0 Å². The van der Waals surface area contributed by atoms with Crippen molar-refractivity contribution in [2.75, 3.05) is 0 Å². The minimum Gasteiger partial charge on any atom is -0.494 e. The molecule has 0 aliphatic carbocycles. The quantitative estimate of drug-likeness (QED) is 0.774. The predicted octanol–water partition coefficient (Wildman–Crippen LogP) is -0.00330. The number of hydrogen-bond donors (Lipinski definition) is 1. The maximum atomic E-state index is 11.8. The Bertz CT molecular complexity index is 712. The van der Waals surface area contributed by atoms with Crippen LogP contribution in [0.25, 0.3) is 0 Å². The third kappa shape index (κ3) is 1.97. The molecule has 0 spiro atoms. The molecule has 0 saturated heterocycles. The monoisotopic (exact) mass is 266 g/mol. The van der Waals surface area contributed by atoms with E-state index in [1.165, 1.54) is 31.6 Å². The third-order valence-corrected chi connectivity index (χ3v) is 3.07. The fourth-order valence-electron chi connectivity index (χ4n) is 1.37. The van der Waals surface area contributed by atoms with Crippen LogP contribution in [-0.2, 0) is 14.1 Å². The van der Waals surface area contributed by atoms with E-state index in [9.17, 15) is 14.7 Å². The van der Waals surface area contributed by atoms with Gasteiger partial charge in [0.1, 0.15) is 5.56 Å². The highest BCUT2D eigenvalue weighted by Crippen LogP contribution is 2.15. The molecule has 0 saturated carbocycles. The van der Waals surface area contributed by atoms with Crippen LogP contribution in [0.15, 0.2) is 26.2 Å². The zero-order chi connectivity index (χ0) is 13.3. The van der Waals surface area contributed by atoms with Crippen LogP contribution in [0.4, 0.5) is 5.13 Å². The summed E-state index contributed by atoms with van der Waals surface area (Å²) in [4.78, 5) is 31.2. The summed E-state index contributed by atoms with van der Waals surface area (Å²) in [5.41, 5.74) is -1.24. The molecule has 0 aliphatic heterocycles. The second-order valence-corrected chi connectivity index (χ2v) is 4.39. The number of hydrogen-bond acceptors (Lipinski definition) is 6. The van der Waals surface area contributed by atoms with Gasteiger partial charge in [0, 0.05) is 31.9 Å². The summed E-state index contributed by atoms with van der Waals surface area (Å²) >= 11 is 1.30. The minimum atomic E-state index is -0.601. The normalized spacial score (nSPS) is 11.2. The number of nitrogens with zero attached hydrogens (tertiary/aromatic N) is 4. The van der Waals surface area contributed by atoms with Gasteiger partial charge in [-0.05, 0) is 0 Å². The van der Waals surface area contributed by atoms with Crippen LogP contribution in [-0.4, -0.2) is 25.4 Å². The highest BCUT2D eigenvalue weighted by molar-refractivity contribution is 7.13. The zero-order valence-corrected chi connectivity index (χ0v) is 10.5. The number of thiazole rings is 1. The van der Waals surface area contributed by atoms with Crippen LogP contribution in [0.1, 0.15) is 5.56 Å². The van der Waals surface area contributed by atoms with E-state index in [1.54, 1.807) is 11.6 Å². The van der Waals surface area contributed by atoms with E-state index in [0.29, 0.717) is 5.13 Å². The van der Waals surface area contributed by atoms with Crippen molar-refractivity contribution in [2.45, 2.75) is 0 Å². The summed E-state index contributed by atoms with van der Waals surface area (Å²) in [7, 11) is 2.71. The highest BCUT2D eigenvalue weighted by atomic mass is 32.1. The molecule has 0 aromatic carbocycles. The van der Waals surface area contributed by atoms with E-state index in [-0.39, 0.29) is 5.56 Å². The molecule has 7 nitrogen and oxygen atoms in total. The number of rotatable bonds is 2. The lowest BCUT2D eigenvalue weighted by atomic mass is 10.3. The number of aromatic nitrogens is 3. The Kier molecular flexibility index (Phi) is 3.11. The summed E-state index contributed by atoms with van der Waals surface area (Å²) in [6.45, 7) is 0. The van der Waals surface area contributed by atoms with Gasteiger partial charge in [0.15, 0.2) is 0 Å². The summed E-state index contributed by atoms with van der Waals surface area (Å²) in [5, 5.41) is 12.0. The third-order valence-electron chi connectivity index (χ3n) is 2.39. The number of aromatic hydroxyl groups is 1. The van der Waals surface area contributed by atoms with Gasteiger partial charge in [0.25, 0.3) is 5.56 Å². The van der Waals surface area contributed by atoms with Crippen LogP contribution in [0, 0.1) is 0 Å². The maximum absolute atomic E-state index is 11.8. The van der Waals surface area contributed by atoms with Crippen LogP contribution >= 0.6 is 11.3 Å². The van der Waals surface area contributed by atoms with E-state index in [4.69, 9.17) is 0 Å². The van der Waals surface area contributed by atoms with Crippen LogP contribution in [0.5, 0.6) is 5.88 Å². The second-order valence-electron chi connectivity index (χ2n) is 3.52. The number of aliphatic imine (C=N–C) groups is 1. The van der Waals surface area contributed by atoms with Gasteiger partial charge in [-0.1, -0.05) is 0 Å². The first-order valence-corrected chi connectivity index (χ1v) is 5.83. The van der Waals surface area contributed by atoms with Crippen molar-refractivity contribution >= 4 is 22.7 Å². The van der Waals surface area contributed by atoms with Crippen molar-refractivity contribution in [3.63, 3.8) is 0 Å². The fraction of sp³-hybridized carbons (Fsp3) is 0.200. The molecule has 2 heterocycles. The highest BCUT2D eigenvalue weighted by Gasteiger charge is 2.12. The lowest BCUT2D eigenvalue weighted by molar-refractivity contribution is 0.410. The van der Waals surface area contributed by atoms with E-state index < -0.39 is 17.1 Å². The topological polar surface area (TPSA) is 89.5 Å². The van der Waals surface area contributed by atoms with Gasteiger partial charge in [-0.3, -0.25) is 13.9 Å². The second kappa shape index (κ2) is 4.57. The molecule has 0 atom stereocenters. The van der Waals surface area contributed by atoms with E-state index in [0.717, 1.165) is 9.13 Å². The van der Waals surface area contributed by atoms with Crippen LogP contribution in [0.3, 0.4) is 0 Å². The first-order chi connectivity index (χ1) is 8.52. The van der Waals surface area contributed by atoms with Gasteiger partial charge in [-0.15, -0.1) is 11.3 Å². The van der Waals surface area contributed by atoms with Gasteiger partial charge in [-0.25, -0.2) is 14.8 Å². The van der Waals surface area contributed by atoms with E-state index in [2.05, 4.69) is 9.98 Å².